The van der Waals surface area contributed by atoms with E-state index in [1.807, 2.05) is 49.4 Å². The number of hydrogen-bond acceptors (Lipinski definition) is 5. The summed E-state index contributed by atoms with van der Waals surface area (Å²) in [6, 6.07) is 22.2. The van der Waals surface area contributed by atoms with E-state index in [2.05, 4.69) is 15.8 Å². The van der Waals surface area contributed by atoms with Gasteiger partial charge in [-0.05, 0) is 47.9 Å². The Morgan fingerprint density at radius 2 is 1.68 bits per heavy atom. The van der Waals surface area contributed by atoms with Gasteiger partial charge in [-0.2, -0.15) is 5.10 Å². The van der Waals surface area contributed by atoms with E-state index in [4.69, 9.17) is 9.47 Å². The lowest BCUT2D eigenvalue weighted by Gasteiger charge is -2.11. The Bertz CT molecular complexity index is 1080. The van der Waals surface area contributed by atoms with Crippen molar-refractivity contribution in [2.75, 3.05) is 12.4 Å². The first kappa shape index (κ1) is 21.6. The van der Waals surface area contributed by atoms with Crippen LogP contribution >= 0.6 is 0 Å². The zero-order valence-corrected chi connectivity index (χ0v) is 17.3. The number of amides is 2. The van der Waals surface area contributed by atoms with Gasteiger partial charge in [0.25, 0.3) is 0 Å². The van der Waals surface area contributed by atoms with Crippen molar-refractivity contribution in [1.82, 2.24) is 5.43 Å². The Morgan fingerprint density at radius 3 is 2.42 bits per heavy atom. The molecule has 7 nitrogen and oxygen atoms in total. The highest BCUT2D eigenvalue weighted by Crippen LogP contribution is 2.28. The third-order valence-corrected chi connectivity index (χ3v) is 4.40. The first-order valence-corrected chi connectivity index (χ1v) is 9.61. The molecule has 0 radical (unpaired) electrons. The molecule has 3 rings (SSSR count). The van der Waals surface area contributed by atoms with Crippen molar-refractivity contribution in [2.24, 2.45) is 5.10 Å². The zero-order valence-electron chi connectivity index (χ0n) is 17.3. The molecular formula is C24H23N3O4. The van der Waals surface area contributed by atoms with E-state index in [1.54, 1.807) is 37.4 Å². The van der Waals surface area contributed by atoms with Gasteiger partial charge in [-0.3, -0.25) is 9.59 Å². The monoisotopic (exact) mass is 417 g/mol. The van der Waals surface area contributed by atoms with Gasteiger partial charge in [0.15, 0.2) is 11.5 Å². The number of nitrogens with zero attached hydrogens (tertiary/aromatic N) is 1. The highest BCUT2D eigenvalue weighted by molar-refractivity contribution is 6.39. The zero-order chi connectivity index (χ0) is 22.1. The van der Waals surface area contributed by atoms with E-state index in [1.165, 1.54) is 6.21 Å². The van der Waals surface area contributed by atoms with E-state index < -0.39 is 11.8 Å². The number of benzene rings is 3. The van der Waals surface area contributed by atoms with Crippen molar-refractivity contribution in [3.05, 3.63) is 89.5 Å². The fourth-order valence-corrected chi connectivity index (χ4v) is 2.73. The first-order chi connectivity index (χ1) is 15.1. The molecule has 0 aliphatic rings. The van der Waals surface area contributed by atoms with Crippen LogP contribution in [-0.4, -0.2) is 25.1 Å². The summed E-state index contributed by atoms with van der Waals surface area (Å²) in [6.07, 6.45) is 1.42. The average Bonchev–Trinajstić information content (AvgIpc) is 2.80. The molecule has 0 aliphatic heterocycles. The highest BCUT2D eigenvalue weighted by Gasteiger charge is 2.13. The van der Waals surface area contributed by atoms with Gasteiger partial charge in [-0.25, -0.2) is 5.43 Å². The van der Waals surface area contributed by atoms with Crippen LogP contribution < -0.4 is 20.2 Å². The van der Waals surface area contributed by atoms with Gasteiger partial charge in [0.2, 0.25) is 0 Å². The molecule has 0 atom stereocenters. The molecule has 31 heavy (non-hydrogen) atoms. The van der Waals surface area contributed by atoms with Crippen LogP contribution in [-0.2, 0) is 16.2 Å². The van der Waals surface area contributed by atoms with Crippen LogP contribution in [0.4, 0.5) is 5.69 Å². The number of carbonyl (C=O) groups excluding carboxylic acids is 2. The number of hydrazone groups is 1. The van der Waals surface area contributed by atoms with Crippen LogP contribution in [0.15, 0.2) is 77.9 Å². The summed E-state index contributed by atoms with van der Waals surface area (Å²) in [5.41, 5.74) is 5.36. The molecule has 158 valence electrons. The van der Waals surface area contributed by atoms with Crippen LogP contribution in [0.1, 0.15) is 16.7 Å². The molecule has 0 saturated heterocycles. The van der Waals surface area contributed by atoms with Crippen molar-refractivity contribution in [3.8, 4) is 11.5 Å². The second-order valence-corrected chi connectivity index (χ2v) is 6.65. The minimum atomic E-state index is -0.866. The van der Waals surface area contributed by atoms with Gasteiger partial charge in [0.1, 0.15) is 6.61 Å². The molecule has 0 aromatic heterocycles. The molecule has 0 fully saturated rings. The Labute approximate surface area is 180 Å². The summed E-state index contributed by atoms with van der Waals surface area (Å²) in [5, 5.41) is 6.39. The van der Waals surface area contributed by atoms with Gasteiger partial charge in [0, 0.05) is 5.69 Å². The van der Waals surface area contributed by atoms with Gasteiger partial charge in [-0.1, -0.05) is 48.5 Å². The largest absolute Gasteiger partial charge is 0.493 e. The maximum atomic E-state index is 12.0. The second kappa shape index (κ2) is 10.6. The summed E-state index contributed by atoms with van der Waals surface area (Å²) >= 11 is 0. The molecule has 2 amide bonds. The van der Waals surface area contributed by atoms with E-state index in [0.717, 1.165) is 11.1 Å². The molecule has 0 spiro atoms. The van der Waals surface area contributed by atoms with Crippen LogP contribution in [0.2, 0.25) is 0 Å². The predicted molar refractivity (Wildman–Crippen MR) is 119 cm³/mol. The molecule has 0 aliphatic carbocycles. The highest BCUT2D eigenvalue weighted by atomic mass is 16.5. The van der Waals surface area contributed by atoms with Crippen molar-refractivity contribution in [1.29, 1.82) is 0 Å². The number of anilines is 1. The van der Waals surface area contributed by atoms with Crippen LogP contribution in [0.25, 0.3) is 0 Å². The predicted octanol–water partition coefficient (Wildman–Crippen LogP) is 3.67. The Hall–Kier alpha value is -4.13. The summed E-state index contributed by atoms with van der Waals surface area (Å²) < 4.78 is 11.2. The SMILES string of the molecule is COc1cc(/C=N\NC(=O)C(=O)Nc2ccccc2C)ccc1OCc1ccccc1. The first-order valence-electron chi connectivity index (χ1n) is 9.61. The Kier molecular flexibility index (Phi) is 7.37. The van der Waals surface area contributed by atoms with E-state index in [9.17, 15) is 9.59 Å². The lowest BCUT2D eigenvalue weighted by Crippen LogP contribution is -2.32. The van der Waals surface area contributed by atoms with Crippen molar-refractivity contribution >= 4 is 23.7 Å². The quantitative estimate of drug-likeness (QED) is 0.349. The number of nitrogens with one attached hydrogen (secondary N) is 2. The van der Waals surface area contributed by atoms with Crippen LogP contribution in [0.5, 0.6) is 11.5 Å². The van der Waals surface area contributed by atoms with E-state index in [0.29, 0.717) is 29.4 Å². The summed E-state index contributed by atoms with van der Waals surface area (Å²) in [5.74, 6) is -0.545. The summed E-state index contributed by atoms with van der Waals surface area (Å²) in [4.78, 5) is 24.0. The fraction of sp³-hybridized carbons (Fsp3) is 0.125. The third kappa shape index (κ3) is 6.17. The molecule has 0 saturated carbocycles. The van der Waals surface area contributed by atoms with Gasteiger partial charge in [-0.15, -0.1) is 0 Å². The molecule has 0 unspecified atom stereocenters. The number of aryl methyl sites for hydroxylation is 1. The fourth-order valence-electron chi connectivity index (χ4n) is 2.73. The number of carbonyl (C=O) groups is 2. The smallest absolute Gasteiger partial charge is 0.329 e. The minimum absolute atomic E-state index is 0.413. The summed E-state index contributed by atoms with van der Waals surface area (Å²) in [6.45, 7) is 2.25. The van der Waals surface area contributed by atoms with Crippen molar-refractivity contribution in [2.45, 2.75) is 13.5 Å². The topological polar surface area (TPSA) is 89.0 Å². The number of ether oxygens (including phenoxy) is 2. The maximum Gasteiger partial charge on any atom is 0.329 e. The van der Waals surface area contributed by atoms with E-state index in [-0.39, 0.29) is 0 Å². The lowest BCUT2D eigenvalue weighted by molar-refractivity contribution is -0.136. The van der Waals surface area contributed by atoms with Crippen molar-refractivity contribution in [3.63, 3.8) is 0 Å². The molecule has 7 heteroatoms. The molecule has 2 N–H and O–H groups in total. The van der Waals surface area contributed by atoms with Gasteiger partial charge < -0.3 is 14.8 Å². The molecule has 0 heterocycles. The summed E-state index contributed by atoms with van der Waals surface area (Å²) in [7, 11) is 1.54. The van der Waals surface area contributed by atoms with Crippen LogP contribution in [0.3, 0.4) is 0 Å². The van der Waals surface area contributed by atoms with E-state index >= 15 is 0 Å². The third-order valence-electron chi connectivity index (χ3n) is 4.40. The maximum absolute atomic E-state index is 12.0. The number of methoxy groups -OCH3 is 1. The Balaban J connectivity index is 1.57. The number of hydrogen-bond donors (Lipinski definition) is 2. The van der Waals surface area contributed by atoms with Crippen LogP contribution in [0, 0.1) is 6.92 Å². The Morgan fingerprint density at radius 1 is 0.935 bits per heavy atom. The lowest BCUT2D eigenvalue weighted by atomic mass is 10.2. The molecular weight excluding hydrogens is 394 g/mol. The number of para-hydroxylation sites is 1. The average molecular weight is 417 g/mol. The normalized spacial score (nSPS) is 10.5. The minimum Gasteiger partial charge on any atom is -0.493 e. The van der Waals surface area contributed by atoms with Gasteiger partial charge >= 0.3 is 11.8 Å². The second-order valence-electron chi connectivity index (χ2n) is 6.65. The molecule has 0 bridgehead atoms. The van der Waals surface area contributed by atoms with Gasteiger partial charge in [0.05, 0.1) is 13.3 Å². The molecule has 3 aromatic rings. The standard InChI is InChI=1S/C24H23N3O4/c1-17-8-6-7-11-20(17)26-23(28)24(29)27-25-15-19-12-13-21(22(14-19)30-2)31-16-18-9-4-3-5-10-18/h3-15H,16H2,1-2H3,(H,26,28)(H,27,29)/b25-15-. The number of rotatable bonds is 7. The molecule has 3 aromatic carbocycles. The van der Waals surface area contributed by atoms with Crippen molar-refractivity contribution < 1.29 is 19.1 Å².